The standard InChI is InChI=1S/C29H36Cl2N2O4/c1-4-24(17-32-12-13-37-18-19(32)2)33-27(20-8-10-22(30)11-9-20)25(21-6-5-7-23(31)14-21)15-29(3,28(33)36)16-26(34)35/h5-11,14,19,24-25,27H,4,12-13,15-18H2,1-3H3,(H,34,35)/t19-,24+,25-,27-,29-/m1/s1. The van der Waals surface area contributed by atoms with E-state index in [0.29, 0.717) is 36.2 Å². The number of rotatable bonds is 8. The van der Waals surface area contributed by atoms with Crippen LogP contribution >= 0.6 is 23.2 Å². The predicted octanol–water partition coefficient (Wildman–Crippen LogP) is 6.03. The van der Waals surface area contributed by atoms with Gasteiger partial charge in [-0.25, -0.2) is 0 Å². The van der Waals surface area contributed by atoms with Crippen molar-refractivity contribution in [1.29, 1.82) is 0 Å². The number of nitrogens with zero attached hydrogens (tertiary/aromatic N) is 2. The first kappa shape index (κ1) is 27.9. The number of carboxylic acids is 1. The molecular formula is C29H36Cl2N2O4. The van der Waals surface area contributed by atoms with Gasteiger partial charge in [0.1, 0.15) is 0 Å². The molecule has 4 rings (SSSR count). The Kier molecular flexibility index (Phi) is 8.85. The van der Waals surface area contributed by atoms with Crippen LogP contribution in [0, 0.1) is 5.41 Å². The van der Waals surface area contributed by atoms with Gasteiger partial charge < -0.3 is 14.7 Å². The Morgan fingerprint density at radius 2 is 1.89 bits per heavy atom. The van der Waals surface area contributed by atoms with E-state index in [9.17, 15) is 14.7 Å². The number of halogens is 2. The third-order valence-corrected chi connectivity index (χ3v) is 8.43. The van der Waals surface area contributed by atoms with Gasteiger partial charge in [0.05, 0.1) is 31.1 Å². The lowest BCUT2D eigenvalue weighted by molar-refractivity contribution is -0.161. The van der Waals surface area contributed by atoms with Crippen LogP contribution in [-0.2, 0) is 14.3 Å². The van der Waals surface area contributed by atoms with E-state index in [0.717, 1.165) is 24.1 Å². The lowest BCUT2D eigenvalue weighted by Crippen LogP contribution is -2.59. The number of carbonyl (C=O) groups is 2. The number of hydrogen-bond donors (Lipinski definition) is 1. The molecule has 8 heteroatoms. The van der Waals surface area contributed by atoms with Crippen molar-refractivity contribution in [3.8, 4) is 0 Å². The number of carbonyl (C=O) groups excluding carboxylic acids is 1. The number of amides is 1. The Morgan fingerprint density at radius 1 is 1.16 bits per heavy atom. The van der Waals surface area contributed by atoms with Gasteiger partial charge in [-0.3, -0.25) is 14.5 Å². The maximum atomic E-state index is 14.4. The van der Waals surface area contributed by atoms with Crippen molar-refractivity contribution >= 4 is 35.1 Å². The van der Waals surface area contributed by atoms with E-state index in [1.54, 1.807) is 6.92 Å². The molecule has 0 aliphatic carbocycles. The van der Waals surface area contributed by atoms with Gasteiger partial charge in [0, 0.05) is 41.1 Å². The zero-order chi connectivity index (χ0) is 26.7. The number of aliphatic carboxylic acids is 1. The summed E-state index contributed by atoms with van der Waals surface area (Å²) in [6, 6.07) is 15.2. The molecule has 2 heterocycles. The molecule has 0 unspecified atom stereocenters. The molecule has 5 atom stereocenters. The van der Waals surface area contributed by atoms with E-state index < -0.39 is 11.4 Å². The SMILES string of the molecule is CC[C@@H](CN1CCOC[C@H]1C)N1C(=O)[C@@](C)(CC(=O)O)C[C@H](c2cccc(Cl)c2)[C@H]1c1ccc(Cl)cc1. The van der Waals surface area contributed by atoms with Gasteiger partial charge in [-0.05, 0) is 55.2 Å². The van der Waals surface area contributed by atoms with Crippen LogP contribution in [0.5, 0.6) is 0 Å². The topological polar surface area (TPSA) is 70.1 Å². The summed E-state index contributed by atoms with van der Waals surface area (Å²) in [5.41, 5.74) is 0.927. The molecule has 0 bridgehead atoms. The summed E-state index contributed by atoms with van der Waals surface area (Å²) < 4.78 is 5.65. The monoisotopic (exact) mass is 546 g/mol. The highest BCUT2D eigenvalue weighted by molar-refractivity contribution is 6.30. The molecule has 1 amide bonds. The fourth-order valence-corrected chi connectivity index (χ4v) is 6.32. The molecule has 0 radical (unpaired) electrons. The average molecular weight is 548 g/mol. The Hall–Kier alpha value is -2.12. The molecule has 200 valence electrons. The van der Waals surface area contributed by atoms with E-state index in [1.165, 1.54) is 0 Å². The molecule has 2 fully saturated rings. The number of carboxylic acid groups (broad SMARTS) is 1. The first-order valence-corrected chi connectivity index (χ1v) is 13.8. The molecule has 37 heavy (non-hydrogen) atoms. The second kappa shape index (κ2) is 11.7. The van der Waals surface area contributed by atoms with Crippen LogP contribution in [0.3, 0.4) is 0 Å². The zero-order valence-corrected chi connectivity index (χ0v) is 23.2. The first-order valence-electron chi connectivity index (χ1n) is 13.0. The van der Waals surface area contributed by atoms with Crippen molar-refractivity contribution in [3.63, 3.8) is 0 Å². The van der Waals surface area contributed by atoms with Crippen molar-refractivity contribution < 1.29 is 19.4 Å². The minimum Gasteiger partial charge on any atom is -0.481 e. The van der Waals surface area contributed by atoms with Crippen LogP contribution in [0.2, 0.25) is 10.0 Å². The van der Waals surface area contributed by atoms with Crippen LogP contribution in [0.15, 0.2) is 48.5 Å². The Bertz CT molecular complexity index is 1110. The number of likely N-dealkylation sites (tertiary alicyclic amines) is 1. The number of ether oxygens (including phenoxy) is 1. The van der Waals surface area contributed by atoms with Gasteiger partial charge in [0.25, 0.3) is 0 Å². The molecule has 0 saturated carbocycles. The van der Waals surface area contributed by atoms with Crippen molar-refractivity contribution in [2.75, 3.05) is 26.3 Å². The third kappa shape index (κ3) is 6.14. The van der Waals surface area contributed by atoms with Gasteiger partial charge in [-0.1, -0.05) is 61.3 Å². The predicted molar refractivity (Wildman–Crippen MR) is 146 cm³/mol. The minimum absolute atomic E-state index is 0.108. The number of hydrogen-bond acceptors (Lipinski definition) is 4. The van der Waals surface area contributed by atoms with E-state index >= 15 is 0 Å². The second-order valence-corrected chi connectivity index (χ2v) is 11.6. The molecule has 0 spiro atoms. The van der Waals surface area contributed by atoms with Crippen LogP contribution in [0.4, 0.5) is 0 Å². The second-order valence-electron chi connectivity index (χ2n) is 10.7. The maximum absolute atomic E-state index is 14.4. The zero-order valence-electron chi connectivity index (χ0n) is 21.7. The quantitative estimate of drug-likeness (QED) is 0.437. The highest BCUT2D eigenvalue weighted by Gasteiger charge is 2.52. The Morgan fingerprint density at radius 3 is 2.51 bits per heavy atom. The summed E-state index contributed by atoms with van der Waals surface area (Å²) in [4.78, 5) is 30.7. The van der Waals surface area contributed by atoms with Crippen LogP contribution in [0.1, 0.15) is 63.1 Å². The molecule has 0 aromatic heterocycles. The van der Waals surface area contributed by atoms with E-state index in [-0.39, 0.29) is 36.4 Å². The fourth-order valence-electron chi connectivity index (χ4n) is 6.00. The van der Waals surface area contributed by atoms with E-state index in [4.69, 9.17) is 27.9 Å². The molecule has 2 aliphatic rings. The van der Waals surface area contributed by atoms with Gasteiger partial charge in [-0.15, -0.1) is 0 Å². The smallest absolute Gasteiger partial charge is 0.304 e. The molecule has 2 aromatic rings. The third-order valence-electron chi connectivity index (χ3n) is 7.95. The van der Waals surface area contributed by atoms with Crippen LogP contribution < -0.4 is 0 Å². The largest absolute Gasteiger partial charge is 0.481 e. The fraction of sp³-hybridized carbons (Fsp3) is 0.517. The summed E-state index contributed by atoms with van der Waals surface area (Å²) in [6.07, 6.45) is 0.926. The van der Waals surface area contributed by atoms with E-state index in [1.807, 2.05) is 53.4 Å². The number of benzene rings is 2. The lowest BCUT2D eigenvalue weighted by atomic mass is 9.67. The van der Waals surface area contributed by atoms with Crippen LogP contribution in [-0.4, -0.2) is 65.2 Å². The van der Waals surface area contributed by atoms with Gasteiger partial charge >= 0.3 is 5.97 Å². The molecule has 2 saturated heterocycles. The minimum atomic E-state index is -1.05. The van der Waals surface area contributed by atoms with Crippen molar-refractivity contribution in [1.82, 2.24) is 9.80 Å². The summed E-state index contributed by atoms with van der Waals surface area (Å²) in [5.74, 6) is -1.22. The van der Waals surface area contributed by atoms with Crippen molar-refractivity contribution in [3.05, 3.63) is 69.7 Å². The maximum Gasteiger partial charge on any atom is 0.304 e. The van der Waals surface area contributed by atoms with Crippen LogP contribution in [0.25, 0.3) is 0 Å². The Labute approximate surface area is 229 Å². The summed E-state index contributed by atoms with van der Waals surface area (Å²) >= 11 is 12.7. The molecule has 6 nitrogen and oxygen atoms in total. The normalized spacial score (nSPS) is 27.8. The molecule has 2 aliphatic heterocycles. The molecule has 2 aromatic carbocycles. The summed E-state index contributed by atoms with van der Waals surface area (Å²) in [6.45, 7) is 8.86. The Balaban J connectivity index is 1.85. The molecule has 1 N–H and O–H groups in total. The summed E-state index contributed by atoms with van der Waals surface area (Å²) in [5, 5.41) is 11.1. The first-order chi connectivity index (χ1) is 17.6. The van der Waals surface area contributed by atoms with Gasteiger partial charge in [-0.2, -0.15) is 0 Å². The lowest BCUT2D eigenvalue weighted by Gasteiger charge is -2.53. The van der Waals surface area contributed by atoms with E-state index in [2.05, 4.69) is 18.7 Å². The van der Waals surface area contributed by atoms with Gasteiger partial charge in [0.2, 0.25) is 5.91 Å². The number of morpholine rings is 1. The average Bonchev–Trinajstić information content (AvgIpc) is 2.85. The highest BCUT2D eigenvalue weighted by Crippen LogP contribution is 2.52. The van der Waals surface area contributed by atoms with Crippen molar-refractivity contribution in [2.45, 2.75) is 64.1 Å². The van der Waals surface area contributed by atoms with Gasteiger partial charge in [0.15, 0.2) is 0 Å². The van der Waals surface area contributed by atoms with Crippen molar-refractivity contribution in [2.24, 2.45) is 5.41 Å². The summed E-state index contributed by atoms with van der Waals surface area (Å²) in [7, 11) is 0. The number of piperidine rings is 1. The highest BCUT2D eigenvalue weighted by atomic mass is 35.5. The molecular weight excluding hydrogens is 511 g/mol.